The monoisotopic (exact) mass is 146 g/mol. The summed E-state index contributed by atoms with van der Waals surface area (Å²) in [5.41, 5.74) is 0. The average Bonchev–Trinajstić information content (AvgIpc) is 1.76. The van der Waals surface area contributed by atoms with Gasteiger partial charge in [-0.1, -0.05) is 0 Å². The third-order valence-corrected chi connectivity index (χ3v) is 0.658. The van der Waals surface area contributed by atoms with E-state index in [9.17, 15) is 0 Å². The number of aliphatic hydroxyl groups is 1. The van der Waals surface area contributed by atoms with Crippen LogP contribution in [0.5, 0.6) is 0 Å². The SMILES string of the molecule is OC1([AsH2])OO1.[LiH]. The van der Waals surface area contributed by atoms with Crippen LogP contribution in [0.15, 0.2) is 0 Å². The molecule has 0 bridgehead atoms. The summed E-state index contributed by atoms with van der Waals surface area (Å²) in [6, 6.07) is 0. The van der Waals surface area contributed by atoms with Gasteiger partial charge in [-0.15, -0.1) is 0 Å². The molecular formula is CH4AsLiO3. The predicted molar refractivity (Wildman–Crippen MR) is 22.8 cm³/mol. The molecule has 0 amide bonds. The fourth-order valence-electron chi connectivity index (χ4n) is 0.0427. The van der Waals surface area contributed by atoms with Crippen molar-refractivity contribution in [3.8, 4) is 0 Å². The van der Waals surface area contributed by atoms with Crippen LogP contribution < -0.4 is 0 Å². The van der Waals surface area contributed by atoms with Gasteiger partial charge in [0.1, 0.15) is 0 Å². The Morgan fingerprint density at radius 2 is 1.67 bits per heavy atom. The van der Waals surface area contributed by atoms with Gasteiger partial charge in [-0.05, 0) is 0 Å². The molecule has 6 heavy (non-hydrogen) atoms. The molecule has 0 saturated carbocycles. The molecule has 32 valence electrons. The quantitative estimate of drug-likeness (QED) is 0.234. The molecule has 1 saturated heterocycles. The molecule has 1 fully saturated rings. The summed E-state index contributed by atoms with van der Waals surface area (Å²) in [6.07, 6.45) is 0. The van der Waals surface area contributed by atoms with E-state index < -0.39 is 4.76 Å². The van der Waals surface area contributed by atoms with Gasteiger partial charge in [0.25, 0.3) is 0 Å². The van der Waals surface area contributed by atoms with Gasteiger partial charge in [0.15, 0.2) is 0 Å². The fraction of sp³-hybridized carbons (Fsp3) is 1.00. The van der Waals surface area contributed by atoms with Crippen molar-refractivity contribution in [2.75, 3.05) is 0 Å². The summed E-state index contributed by atoms with van der Waals surface area (Å²) in [7, 11) is 0. The van der Waals surface area contributed by atoms with Crippen molar-refractivity contribution in [2.45, 2.75) is 4.76 Å². The van der Waals surface area contributed by atoms with E-state index in [1.54, 1.807) is 0 Å². The van der Waals surface area contributed by atoms with Crippen LogP contribution in [0.4, 0.5) is 0 Å². The van der Waals surface area contributed by atoms with Gasteiger partial charge in [0.2, 0.25) is 0 Å². The number of hydrogen-bond acceptors (Lipinski definition) is 3. The van der Waals surface area contributed by atoms with Crippen LogP contribution in [-0.2, 0) is 9.78 Å². The Morgan fingerprint density at radius 3 is 1.67 bits per heavy atom. The first-order valence-electron chi connectivity index (χ1n) is 1.09. The molecule has 1 N–H and O–H groups in total. The Morgan fingerprint density at radius 1 is 1.50 bits per heavy atom. The van der Waals surface area contributed by atoms with Crippen LogP contribution in [0.25, 0.3) is 0 Å². The van der Waals surface area contributed by atoms with Crippen LogP contribution in [0.2, 0.25) is 0 Å². The second kappa shape index (κ2) is 1.87. The molecule has 0 spiro atoms. The van der Waals surface area contributed by atoms with E-state index >= 15 is 0 Å². The zero-order chi connectivity index (χ0) is 3.91. The first-order chi connectivity index (χ1) is 2.21. The van der Waals surface area contributed by atoms with Gasteiger partial charge < -0.3 is 0 Å². The van der Waals surface area contributed by atoms with Gasteiger partial charge in [-0.2, -0.15) is 0 Å². The van der Waals surface area contributed by atoms with E-state index in [-0.39, 0.29) is 18.9 Å². The molecule has 0 aromatic rings. The van der Waals surface area contributed by atoms with Crippen molar-refractivity contribution in [3.63, 3.8) is 0 Å². The van der Waals surface area contributed by atoms with Crippen LogP contribution in [0, 0.1) is 0 Å². The van der Waals surface area contributed by atoms with Crippen molar-refractivity contribution in [1.82, 2.24) is 0 Å². The van der Waals surface area contributed by atoms with Gasteiger partial charge in [-0.25, -0.2) is 0 Å². The molecule has 1 unspecified atom stereocenters. The predicted octanol–water partition coefficient (Wildman–Crippen LogP) is -2.46. The van der Waals surface area contributed by atoms with E-state index in [4.69, 9.17) is 5.11 Å². The molecule has 5 heteroatoms. The van der Waals surface area contributed by atoms with Crippen molar-refractivity contribution in [3.05, 3.63) is 0 Å². The topological polar surface area (TPSA) is 45.3 Å². The van der Waals surface area contributed by atoms with Crippen molar-refractivity contribution < 1.29 is 14.9 Å². The van der Waals surface area contributed by atoms with E-state index in [0.29, 0.717) is 0 Å². The Kier molecular flexibility index (Phi) is 2.20. The summed E-state index contributed by atoms with van der Waals surface area (Å²) in [5.74, 6) is 0. The molecule has 1 heterocycles. The van der Waals surface area contributed by atoms with Crippen molar-refractivity contribution >= 4 is 35.7 Å². The van der Waals surface area contributed by atoms with Crippen LogP contribution in [-0.4, -0.2) is 45.6 Å². The van der Waals surface area contributed by atoms with Crippen LogP contribution >= 0.6 is 0 Å². The summed E-state index contributed by atoms with van der Waals surface area (Å²) >= 11 is 1.01. The molecule has 1 aliphatic rings. The van der Waals surface area contributed by atoms with E-state index in [1.165, 1.54) is 0 Å². The summed E-state index contributed by atoms with van der Waals surface area (Å²) in [6.45, 7) is 0. The minimum absolute atomic E-state index is 0. The van der Waals surface area contributed by atoms with Gasteiger partial charge in [-0.3, -0.25) is 0 Å². The summed E-state index contributed by atoms with van der Waals surface area (Å²) < 4.78 is -1.19. The Hall–Kier alpha value is 1.04. The Balaban J connectivity index is 0.000000250. The molecule has 1 rings (SSSR count). The molecule has 1 atom stereocenters. The molecule has 0 aliphatic carbocycles. The van der Waals surface area contributed by atoms with Gasteiger partial charge in [0.05, 0.1) is 0 Å². The zero-order valence-corrected chi connectivity index (χ0v) is 4.76. The molecular weight excluding hydrogens is 142 g/mol. The molecule has 0 radical (unpaired) electrons. The molecule has 1 aliphatic heterocycles. The Bertz CT molecular complexity index is 48.8. The number of hydrogen-bond donors (Lipinski definition) is 1. The summed E-state index contributed by atoms with van der Waals surface area (Å²) in [4.78, 5) is 7.96. The average molecular weight is 146 g/mol. The minimum atomic E-state index is -1.19. The fourth-order valence-corrected chi connectivity index (χ4v) is 0.144. The van der Waals surface area contributed by atoms with E-state index in [2.05, 4.69) is 9.78 Å². The second-order valence-corrected chi connectivity index (χ2v) is 2.33. The van der Waals surface area contributed by atoms with Crippen molar-refractivity contribution in [2.24, 2.45) is 0 Å². The number of rotatable bonds is 0. The Labute approximate surface area is 55.6 Å². The normalized spacial score (nSPS) is 25.0. The van der Waals surface area contributed by atoms with E-state index in [1.807, 2.05) is 0 Å². The first kappa shape index (κ1) is 7.04. The molecule has 0 aromatic carbocycles. The maximum atomic E-state index is 8.22. The molecule has 3 nitrogen and oxygen atoms in total. The first-order valence-corrected chi connectivity index (χ1v) is 2.30. The van der Waals surface area contributed by atoms with Crippen LogP contribution in [0.3, 0.4) is 0 Å². The zero-order valence-electron chi connectivity index (χ0n) is 2.34. The van der Waals surface area contributed by atoms with Crippen molar-refractivity contribution in [1.29, 1.82) is 0 Å². The third kappa shape index (κ3) is 2.25. The molecule has 0 aromatic heterocycles. The maximum absolute atomic E-state index is 8.22. The van der Waals surface area contributed by atoms with Gasteiger partial charge >= 0.3 is 55.4 Å². The standard InChI is InChI=1S/CH3AsO3.Li.H/c2-1(3)4-5-1;;/h3H,2H2;;. The van der Waals surface area contributed by atoms with Crippen LogP contribution in [0.1, 0.15) is 0 Å². The second-order valence-electron chi connectivity index (χ2n) is 0.797. The van der Waals surface area contributed by atoms with E-state index in [0.717, 1.165) is 16.9 Å². The van der Waals surface area contributed by atoms with Gasteiger partial charge in [0, 0.05) is 0 Å². The summed E-state index contributed by atoms with van der Waals surface area (Å²) in [5, 5.41) is 8.22. The third-order valence-electron chi connectivity index (χ3n) is 0.254.